The normalized spacial score (nSPS) is 23.1. The fraction of sp³-hybridized carbons (Fsp3) is 0.900. The van der Waals surface area contributed by atoms with E-state index in [4.69, 9.17) is 15.0 Å². The molecule has 0 radical (unpaired) electrons. The maximum Gasteiger partial charge on any atom is 0.457 e. The molecule has 0 aromatic rings. The van der Waals surface area contributed by atoms with Crippen LogP contribution in [0.4, 0.5) is 0 Å². The van der Waals surface area contributed by atoms with Crippen LogP contribution < -0.4 is 5.73 Å². The van der Waals surface area contributed by atoms with Gasteiger partial charge in [0.1, 0.15) is 0 Å². The van der Waals surface area contributed by atoms with E-state index in [9.17, 15) is 4.79 Å². The van der Waals surface area contributed by atoms with Crippen molar-refractivity contribution in [3.05, 3.63) is 0 Å². The molecule has 1 fully saturated rings. The third kappa shape index (κ3) is 2.95. The number of hydrogen-bond acceptors (Lipinski definition) is 3. The van der Waals surface area contributed by atoms with Gasteiger partial charge in [0.15, 0.2) is 0 Å². The molecule has 0 spiro atoms. The minimum absolute atomic E-state index is 0.214. The molecule has 1 aliphatic heterocycles. The first-order chi connectivity index (χ1) is 6.74. The van der Waals surface area contributed by atoms with E-state index in [2.05, 4.69) is 0 Å². The zero-order valence-electron chi connectivity index (χ0n) is 10.0. The van der Waals surface area contributed by atoms with Crippen molar-refractivity contribution in [2.24, 2.45) is 5.73 Å². The number of amides is 1. The van der Waals surface area contributed by atoms with Crippen molar-refractivity contribution in [1.82, 2.24) is 0 Å². The van der Waals surface area contributed by atoms with E-state index < -0.39 is 0 Å². The smallest absolute Gasteiger partial charge is 0.403 e. The van der Waals surface area contributed by atoms with Crippen molar-refractivity contribution in [2.45, 2.75) is 58.1 Å². The fourth-order valence-corrected chi connectivity index (χ4v) is 1.53. The van der Waals surface area contributed by atoms with Crippen LogP contribution >= 0.6 is 0 Å². The molecule has 1 saturated heterocycles. The molecule has 1 rings (SSSR count). The highest BCUT2D eigenvalue weighted by Crippen LogP contribution is 2.37. The molecule has 2 N–H and O–H groups in total. The molecular weight excluding hydrogens is 193 g/mol. The minimum atomic E-state index is -0.287. The van der Waals surface area contributed by atoms with Crippen molar-refractivity contribution < 1.29 is 14.1 Å². The van der Waals surface area contributed by atoms with Crippen molar-refractivity contribution in [1.29, 1.82) is 0 Å². The van der Waals surface area contributed by atoms with Crippen LogP contribution in [0.25, 0.3) is 0 Å². The van der Waals surface area contributed by atoms with Crippen molar-refractivity contribution >= 4 is 13.0 Å². The molecule has 0 saturated carbocycles. The zero-order valence-corrected chi connectivity index (χ0v) is 10.0. The lowest BCUT2D eigenvalue weighted by Gasteiger charge is -2.32. The Labute approximate surface area is 91.6 Å². The van der Waals surface area contributed by atoms with Crippen LogP contribution in [0.1, 0.15) is 40.5 Å². The number of primary amides is 1. The predicted molar refractivity (Wildman–Crippen MR) is 59.3 cm³/mol. The van der Waals surface area contributed by atoms with Gasteiger partial charge in [0.2, 0.25) is 5.91 Å². The molecule has 1 aliphatic rings. The Bertz CT molecular complexity index is 237. The van der Waals surface area contributed by atoms with Crippen molar-refractivity contribution in [3.8, 4) is 0 Å². The third-order valence-electron chi connectivity index (χ3n) is 3.17. The summed E-state index contributed by atoms with van der Waals surface area (Å²) in [4.78, 5) is 10.6. The van der Waals surface area contributed by atoms with Crippen LogP contribution in [0.3, 0.4) is 0 Å². The summed E-state index contributed by atoms with van der Waals surface area (Å²) in [6.07, 6.45) is 1.83. The monoisotopic (exact) mass is 213 g/mol. The lowest BCUT2D eigenvalue weighted by atomic mass is 9.82. The maximum absolute atomic E-state index is 10.6. The van der Waals surface area contributed by atoms with Crippen LogP contribution in [-0.2, 0) is 14.1 Å². The summed E-state index contributed by atoms with van der Waals surface area (Å²) in [6, 6.07) is 0. The van der Waals surface area contributed by atoms with Crippen molar-refractivity contribution in [2.75, 3.05) is 0 Å². The standard InChI is InChI=1S/C10H20BNO3/c1-9(2)10(3,4)15-11(14-9)7-5-6-8(12)13/h5-7H2,1-4H3,(H2,12,13). The van der Waals surface area contributed by atoms with Crippen LogP contribution in [-0.4, -0.2) is 24.2 Å². The van der Waals surface area contributed by atoms with Gasteiger partial charge in [-0.1, -0.05) is 0 Å². The van der Waals surface area contributed by atoms with Crippen LogP contribution in [0.15, 0.2) is 0 Å². The maximum atomic E-state index is 10.6. The second-order valence-corrected chi connectivity index (χ2v) is 5.04. The van der Waals surface area contributed by atoms with Gasteiger partial charge in [0, 0.05) is 6.42 Å². The molecule has 0 aliphatic carbocycles. The van der Waals surface area contributed by atoms with Crippen LogP contribution in [0, 0.1) is 0 Å². The largest absolute Gasteiger partial charge is 0.457 e. The lowest BCUT2D eigenvalue weighted by molar-refractivity contribution is -0.118. The second-order valence-electron chi connectivity index (χ2n) is 5.04. The fourth-order valence-electron chi connectivity index (χ4n) is 1.53. The Kier molecular flexibility index (Phi) is 3.46. The number of carbonyl (C=O) groups excluding carboxylic acids is 1. The van der Waals surface area contributed by atoms with E-state index in [1.807, 2.05) is 27.7 Å². The molecule has 0 bridgehead atoms. The highest BCUT2D eigenvalue weighted by atomic mass is 16.7. The summed E-state index contributed by atoms with van der Waals surface area (Å²) in [5.74, 6) is -0.272. The van der Waals surface area contributed by atoms with Gasteiger partial charge in [-0.05, 0) is 40.4 Å². The number of carbonyl (C=O) groups is 1. The van der Waals surface area contributed by atoms with Gasteiger partial charge in [-0.15, -0.1) is 0 Å². The van der Waals surface area contributed by atoms with Gasteiger partial charge >= 0.3 is 7.12 Å². The molecule has 0 aromatic carbocycles. The summed E-state index contributed by atoms with van der Waals surface area (Å²) in [6.45, 7) is 8.06. The first kappa shape index (κ1) is 12.5. The van der Waals surface area contributed by atoms with Gasteiger partial charge in [-0.2, -0.15) is 0 Å². The first-order valence-electron chi connectivity index (χ1n) is 5.38. The van der Waals surface area contributed by atoms with E-state index in [-0.39, 0.29) is 24.2 Å². The van der Waals surface area contributed by atoms with Crippen LogP contribution in [0.2, 0.25) is 6.32 Å². The average Bonchev–Trinajstić information content (AvgIpc) is 2.19. The Balaban J connectivity index is 2.39. The van der Waals surface area contributed by atoms with Gasteiger partial charge in [0.25, 0.3) is 0 Å². The Morgan fingerprint density at radius 1 is 1.20 bits per heavy atom. The van der Waals surface area contributed by atoms with E-state index >= 15 is 0 Å². The molecule has 1 amide bonds. The van der Waals surface area contributed by atoms with Gasteiger partial charge < -0.3 is 15.0 Å². The van der Waals surface area contributed by atoms with E-state index in [1.54, 1.807) is 0 Å². The zero-order chi connectivity index (χ0) is 11.7. The second kappa shape index (κ2) is 4.14. The predicted octanol–water partition coefficient (Wildman–Crippen LogP) is 1.34. The highest BCUT2D eigenvalue weighted by molar-refractivity contribution is 6.45. The Morgan fingerprint density at radius 3 is 2.07 bits per heavy atom. The molecule has 0 unspecified atom stereocenters. The molecule has 0 aromatic heterocycles. The van der Waals surface area contributed by atoms with Crippen LogP contribution in [0.5, 0.6) is 0 Å². The molecule has 15 heavy (non-hydrogen) atoms. The third-order valence-corrected chi connectivity index (χ3v) is 3.17. The Hall–Kier alpha value is -0.545. The van der Waals surface area contributed by atoms with Crippen molar-refractivity contribution in [3.63, 3.8) is 0 Å². The number of rotatable bonds is 4. The molecule has 4 nitrogen and oxygen atoms in total. The summed E-state index contributed by atoms with van der Waals surface area (Å²) < 4.78 is 11.5. The Morgan fingerprint density at radius 2 is 1.67 bits per heavy atom. The quantitative estimate of drug-likeness (QED) is 0.717. The van der Waals surface area contributed by atoms with E-state index in [1.165, 1.54) is 0 Å². The number of nitrogens with two attached hydrogens (primary N) is 1. The molecule has 5 heteroatoms. The SMILES string of the molecule is CC1(C)OB(CCCC(N)=O)OC1(C)C. The topological polar surface area (TPSA) is 61.5 Å². The first-order valence-corrected chi connectivity index (χ1v) is 5.38. The summed E-state index contributed by atoms with van der Waals surface area (Å²) in [5.41, 5.74) is 4.49. The summed E-state index contributed by atoms with van der Waals surface area (Å²) >= 11 is 0. The van der Waals surface area contributed by atoms with Gasteiger partial charge in [0.05, 0.1) is 11.2 Å². The molecular formula is C10H20BNO3. The van der Waals surface area contributed by atoms with E-state index in [0.717, 1.165) is 6.32 Å². The minimum Gasteiger partial charge on any atom is -0.403 e. The lowest BCUT2D eigenvalue weighted by Crippen LogP contribution is -2.41. The molecule has 0 atom stereocenters. The molecule has 86 valence electrons. The van der Waals surface area contributed by atoms with Gasteiger partial charge in [-0.25, -0.2) is 0 Å². The van der Waals surface area contributed by atoms with E-state index in [0.29, 0.717) is 12.8 Å². The summed E-state index contributed by atoms with van der Waals surface area (Å²) in [7, 11) is -0.214. The van der Waals surface area contributed by atoms with Gasteiger partial charge in [-0.3, -0.25) is 4.79 Å². The molecule has 1 heterocycles. The average molecular weight is 213 g/mol. The number of hydrogen-bond donors (Lipinski definition) is 1. The summed E-state index contributed by atoms with van der Waals surface area (Å²) in [5, 5.41) is 0. The highest BCUT2D eigenvalue weighted by Gasteiger charge is 2.50.